The van der Waals surface area contributed by atoms with Gasteiger partial charge in [-0.05, 0) is 37.1 Å². The fourth-order valence-electron chi connectivity index (χ4n) is 2.85. The van der Waals surface area contributed by atoms with Gasteiger partial charge < -0.3 is 0 Å². The van der Waals surface area contributed by atoms with Crippen LogP contribution in [0.1, 0.15) is 11.3 Å². The van der Waals surface area contributed by atoms with Crippen molar-refractivity contribution in [3.05, 3.63) is 75.7 Å². The third-order valence-corrected chi connectivity index (χ3v) is 3.86. The van der Waals surface area contributed by atoms with Gasteiger partial charge >= 0.3 is 0 Å². The van der Waals surface area contributed by atoms with Gasteiger partial charge in [0.05, 0.1) is 16.8 Å². The van der Waals surface area contributed by atoms with Crippen LogP contribution in [0.2, 0.25) is 0 Å². The topological polar surface area (TPSA) is 34.9 Å². The zero-order chi connectivity index (χ0) is 17.4. The molecule has 0 saturated carbocycles. The molecule has 0 N–H and O–H groups in total. The molecular formula is C19H15F2N2OY-. The minimum atomic E-state index is -0.765. The van der Waals surface area contributed by atoms with Crippen molar-refractivity contribution < 1.29 is 41.5 Å². The summed E-state index contributed by atoms with van der Waals surface area (Å²) in [4.78, 5) is 12.7. The summed E-state index contributed by atoms with van der Waals surface area (Å²) >= 11 is 0. The van der Waals surface area contributed by atoms with E-state index in [-0.39, 0.29) is 43.8 Å². The molecule has 0 unspecified atom stereocenters. The third-order valence-electron chi connectivity index (χ3n) is 3.86. The molecule has 3 aromatic rings. The second-order valence-corrected chi connectivity index (χ2v) is 5.66. The molecule has 3 nitrogen and oxygen atoms in total. The van der Waals surface area contributed by atoms with Gasteiger partial charge in [0, 0.05) is 39.8 Å². The van der Waals surface area contributed by atoms with Gasteiger partial charge in [-0.15, -0.1) is 5.56 Å². The zero-order valence-electron chi connectivity index (χ0n) is 14.1. The number of hydrogen-bond donors (Lipinski definition) is 0. The smallest absolute Gasteiger partial charge is 0.267 e. The molecule has 25 heavy (non-hydrogen) atoms. The molecule has 125 valence electrons. The van der Waals surface area contributed by atoms with Crippen LogP contribution in [0.5, 0.6) is 0 Å². The quantitative estimate of drug-likeness (QED) is 0.598. The second kappa shape index (κ2) is 7.67. The summed E-state index contributed by atoms with van der Waals surface area (Å²) in [7, 11) is 1.46. The minimum absolute atomic E-state index is 0. The van der Waals surface area contributed by atoms with E-state index in [4.69, 9.17) is 0 Å². The molecule has 0 fully saturated rings. The van der Waals surface area contributed by atoms with Crippen LogP contribution in [0.4, 0.5) is 8.78 Å². The Morgan fingerprint density at radius 1 is 1.00 bits per heavy atom. The summed E-state index contributed by atoms with van der Waals surface area (Å²) in [6.07, 6.45) is 0. The number of halogens is 2. The molecule has 0 aliphatic heterocycles. The molecule has 1 radical (unpaired) electrons. The van der Waals surface area contributed by atoms with Crippen LogP contribution in [0.3, 0.4) is 0 Å². The Bertz CT molecular complexity index is 962. The molecule has 0 amide bonds. The normalized spacial score (nSPS) is 10.4. The summed E-state index contributed by atoms with van der Waals surface area (Å²) in [6.45, 7) is 3.30. The summed E-state index contributed by atoms with van der Waals surface area (Å²) in [6, 6.07) is 12.1. The Morgan fingerprint density at radius 3 is 2.12 bits per heavy atom. The van der Waals surface area contributed by atoms with E-state index in [1.54, 1.807) is 38.1 Å². The van der Waals surface area contributed by atoms with Gasteiger partial charge in [-0.2, -0.15) is 35.4 Å². The van der Waals surface area contributed by atoms with Gasteiger partial charge in [-0.3, -0.25) is 4.79 Å². The fraction of sp³-hybridized carbons (Fsp3) is 0.158. The Balaban J connectivity index is 0.00000225. The van der Waals surface area contributed by atoms with Crippen LogP contribution in [-0.2, 0) is 39.8 Å². The third kappa shape index (κ3) is 3.63. The van der Waals surface area contributed by atoms with E-state index in [2.05, 4.69) is 11.2 Å². The zero-order valence-corrected chi connectivity index (χ0v) is 16.9. The predicted molar refractivity (Wildman–Crippen MR) is 88.6 cm³/mol. The van der Waals surface area contributed by atoms with Crippen LogP contribution in [0.25, 0.3) is 22.3 Å². The van der Waals surface area contributed by atoms with Gasteiger partial charge in [0.1, 0.15) is 11.6 Å². The first kappa shape index (κ1) is 19.6. The van der Waals surface area contributed by atoms with Crippen molar-refractivity contribution in [3.8, 4) is 22.3 Å². The average Bonchev–Trinajstić information content (AvgIpc) is 2.52. The summed E-state index contributed by atoms with van der Waals surface area (Å²) in [5, 5.41) is 4.16. The first-order valence-corrected chi connectivity index (χ1v) is 7.40. The van der Waals surface area contributed by atoms with E-state index in [0.717, 1.165) is 4.68 Å². The molecule has 0 spiro atoms. The number of hydrogen-bond acceptors (Lipinski definition) is 2. The summed E-state index contributed by atoms with van der Waals surface area (Å²) < 4.78 is 30.1. The molecular weight excluding hydrogens is 399 g/mol. The Kier molecular flexibility index (Phi) is 6.01. The monoisotopic (exact) mass is 414 g/mol. The summed E-state index contributed by atoms with van der Waals surface area (Å²) in [5.41, 5.74) is 1.15. The van der Waals surface area contributed by atoms with Gasteiger partial charge in [0.15, 0.2) is 0 Å². The predicted octanol–water partition coefficient (Wildman–Crippen LogP) is 3.81. The molecule has 0 aliphatic rings. The van der Waals surface area contributed by atoms with Crippen LogP contribution >= 0.6 is 0 Å². The molecule has 0 bridgehead atoms. The molecule has 3 rings (SSSR count). The van der Waals surface area contributed by atoms with Crippen molar-refractivity contribution in [1.82, 2.24) is 9.78 Å². The molecule has 0 atom stereocenters. The van der Waals surface area contributed by atoms with E-state index in [0.29, 0.717) is 22.4 Å². The van der Waals surface area contributed by atoms with Crippen LogP contribution in [0.15, 0.2) is 41.2 Å². The van der Waals surface area contributed by atoms with Crippen molar-refractivity contribution in [1.29, 1.82) is 0 Å². The molecule has 1 aromatic heterocycles. The Labute approximate surface area is 169 Å². The molecule has 0 aliphatic carbocycles. The van der Waals surface area contributed by atoms with Crippen LogP contribution < -0.4 is 5.56 Å². The van der Waals surface area contributed by atoms with Crippen molar-refractivity contribution in [2.24, 2.45) is 7.05 Å². The Morgan fingerprint density at radius 2 is 1.56 bits per heavy atom. The SMILES string of the molecule is Cc1cc(F)c(-c2c(-c3cc[c-]cc3)c(C)nn(C)c2=O)c(F)c1.[Y]. The molecule has 6 heteroatoms. The number of aromatic nitrogens is 2. The standard InChI is InChI=1S/C19H15F2N2O.Y/c1-11-9-14(20)17(15(21)10-11)18-16(13-7-5-4-6-8-13)12(2)22-23(3)19(18)24;/h5-10H,1-3H3;/q-1;. The van der Waals surface area contributed by atoms with Gasteiger partial charge in [0.2, 0.25) is 0 Å². The fourth-order valence-corrected chi connectivity index (χ4v) is 2.85. The maximum Gasteiger partial charge on any atom is 0.275 e. The molecule has 2 aromatic carbocycles. The van der Waals surface area contributed by atoms with E-state index in [1.165, 1.54) is 19.2 Å². The van der Waals surface area contributed by atoms with Crippen LogP contribution in [-0.4, -0.2) is 9.78 Å². The minimum Gasteiger partial charge on any atom is -0.267 e. The molecule has 1 heterocycles. The van der Waals surface area contributed by atoms with Crippen molar-refractivity contribution >= 4 is 0 Å². The van der Waals surface area contributed by atoms with Crippen molar-refractivity contribution in [2.45, 2.75) is 13.8 Å². The average molecular weight is 414 g/mol. The van der Waals surface area contributed by atoms with E-state index < -0.39 is 17.2 Å². The maximum absolute atomic E-state index is 14.5. The van der Waals surface area contributed by atoms with Crippen molar-refractivity contribution in [2.75, 3.05) is 0 Å². The van der Waals surface area contributed by atoms with Gasteiger partial charge in [-0.25, -0.2) is 13.5 Å². The van der Waals surface area contributed by atoms with E-state index in [1.807, 2.05) is 0 Å². The number of nitrogens with zero attached hydrogens (tertiary/aromatic N) is 2. The summed E-state index contributed by atoms with van der Waals surface area (Å²) in [5.74, 6) is -1.53. The molecule has 0 saturated heterocycles. The van der Waals surface area contributed by atoms with Gasteiger partial charge in [0.25, 0.3) is 5.56 Å². The Hall–Kier alpha value is -1.72. The number of rotatable bonds is 2. The van der Waals surface area contributed by atoms with Gasteiger partial charge in [-0.1, -0.05) is 0 Å². The first-order chi connectivity index (χ1) is 11.4. The first-order valence-electron chi connectivity index (χ1n) is 7.40. The van der Waals surface area contributed by atoms with Crippen molar-refractivity contribution in [3.63, 3.8) is 0 Å². The number of aryl methyl sites for hydroxylation is 3. The van der Waals surface area contributed by atoms with Crippen LogP contribution in [0, 0.1) is 31.5 Å². The van der Waals surface area contributed by atoms with E-state index in [9.17, 15) is 13.6 Å². The largest absolute Gasteiger partial charge is 0.275 e. The maximum atomic E-state index is 14.5. The second-order valence-electron chi connectivity index (χ2n) is 5.66. The van der Waals surface area contributed by atoms with E-state index >= 15 is 0 Å². The number of benzene rings is 2.